The molecule has 2 heterocycles. The molecule has 3 aromatic rings. The van der Waals surface area contributed by atoms with E-state index >= 15 is 0 Å². The first kappa shape index (κ1) is 19.9. The summed E-state index contributed by atoms with van der Waals surface area (Å²) in [5.41, 5.74) is 0.463. The molecular weight excluding hydrogens is 402 g/mol. The fraction of sp³-hybridized carbons (Fsp3) is 0.118. The molecule has 11 heteroatoms. The summed E-state index contributed by atoms with van der Waals surface area (Å²) in [5, 5.41) is 14.9. The molecule has 0 atom stereocenters. The Balaban J connectivity index is 1.51. The minimum Gasteiger partial charge on any atom is -0.462 e. The molecule has 0 saturated carbocycles. The SMILES string of the molecule is Cc1ccc(C=Cc2nc(SCC(=O)Nc3ccc(S(N)(=O)=O)cc3)n[nH]2)o1. The Kier molecular flexibility index (Phi) is 5.97. The molecule has 4 N–H and O–H groups in total. The zero-order chi connectivity index (χ0) is 20.1. The number of furan rings is 1. The van der Waals surface area contributed by atoms with Gasteiger partial charge in [-0.15, -0.1) is 5.10 Å². The van der Waals surface area contributed by atoms with Crippen molar-refractivity contribution in [3.05, 3.63) is 53.7 Å². The maximum Gasteiger partial charge on any atom is 0.238 e. The smallest absolute Gasteiger partial charge is 0.238 e. The van der Waals surface area contributed by atoms with Gasteiger partial charge in [-0.05, 0) is 55.5 Å². The normalized spacial score (nSPS) is 11.8. The first-order valence-electron chi connectivity index (χ1n) is 8.02. The van der Waals surface area contributed by atoms with Crippen molar-refractivity contribution in [3.63, 3.8) is 0 Å². The molecule has 1 aromatic carbocycles. The van der Waals surface area contributed by atoms with Crippen molar-refractivity contribution >= 4 is 45.5 Å². The lowest BCUT2D eigenvalue weighted by molar-refractivity contribution is -0.113. The zero-order valence-electron chi connectivity index (χ0n) is 14.7. The first-order chi connectivity index (χ1) is 13.3. The van der Waals surface area contributed by atoms with Crippen LogP contribution in [0.3, 0.4) is 0 Å². The quantitative estimate of drug-likeness (QED) is 0.498. The third-order valence-corrected chi connectivity index (χ3v) is 5.22. The second kappa shape index (κ2) is 8.42. The molecule has 0 saturated heterocycles. The summed E-state index contributed by atoms with van der Waals surface area (Å²) >= 11 is 1.16. The Bertz CT molecular complexity index is 1100. The van der Waals surface area contributed by atoms with Crippen LogP contribution in [0.5, 0.6) is 0 Å². The number of nitrogens with one attached hydrogen (secondary N) is 2. The van der Waals surface area contributed by atoms with Crippen molar-refractivity contribution in [2.75, 3.05) is 11.1 Å². The number of aryl methyl sites for hydroxylation is 1. The average Bonchev–Trinajstić information content (AvgIpc) is 3.26. The second-order valence-electron chi connectivity index (χ2n) is 5.69. The maximum atomic E-state index is 12.0. The van der Waals surface area contributed by atoms with Crippen molar-refractivity contribution in [2.24, 2.45) is 5.14 Å². The number of sulfonamides is 1. The van der Waals surface area contributed by atoms with Gasteiger partial charge in [0.1, 0.15) is 17.3 Å². The number of thioether (sulfide) groups is 1. The summed E-state index contributed by atoms with van der Waals surface area (Å²) in [7, 11) is -3.76. The van der Waals surface area contributed by atoms with Gasteiger partial charge in [-0.25, -0.2) is 18.5 Å². The standard InChI is InChI=1S/C17H17N5O4S2/c1-11-2-5-13(26-11)6-9-15-20-17(22-21-15)27-10-16(23)19-12-3-7-14(8-4-12)28(18,24)25/h2-9H,10H2,1H3,(H,19,23)(H2,18,24,25)(H,20,21,22). The van der Waals surface area contributed by atoms with Crippen LogP contribution < -0.4 is 10.5 Å². The van der Waals surface area contributed by atoms with Crippen LogP contribution in [0.25, 0.3) is 12.2 Å². The van der Waals surface area contributed by atoms with Gasteiger partial charge in [-0.3, -0.25) is 9.89 Å². The lowest BCUT2D eigenvalue weighted by atomic mass is 10.3. The molecule has 0 fully saturated rings. The number of hydrogen-bond acceptors (Lipinski definition) is 7. The summed E-state index contributed by atoms with van der Waals surface area (Å²) in [6, 6.07) is 9.29. The molecule has 1 amide bonds. The Labute approximate surface area is 165 Å². The first-order valence-corrected chi connectivity index (χ1v) is 10.6. The van der Waals surface area contributed by atoms with Crippen molar-refractivity contribution in [1.82, 2.24) is 15.2 Å². The number of aromatic nitrogens is 3. The molecule has 146 valence electrons. The zero-order valence-corrected chi connectivity index (χ0v) is 16.4. The van der Waals surface area contributed by atoms with Gasteiger partial charge in [0.25, 0.3) is 0 Å². The lowest BCUT2D eigenvalue weighted by Gasteiger charge is -2.05. The van der Waals surface area contributed by atoms with Gasteiger partial charge in [-0.2, -0.15) is 0 Å². The van der Waals surface area contributed by atoms with Gasteiger partial charge in [0.2, 0.25) is 21.1 Å². The highest BCUT2D eigenvalue weighted by Crippen LogP contribution is 2.16. The number of rotatable bonds is 7. The number of hydrogen-bond donors (Lipinski definition) is 3. The predicted octanol–water partition coefficient (Wildman–Crippen LogP) is 2.25. The highest BCUT2D eigenvalue weighted by atomic mass is 32.2. The lowest BCUT2D eigenvalue weighted by Crippen LogP contribution is -2.15. The highest BCUT2D eigenvalue weighted by molar-refractivity contribution is 7.99. The summed E-state index contributed by atoms with van der Waals surface area (Å²) < 4.78 is 27.9. The number of benzene rings is 1. The van der Waals surface area contributed by atoms with Crippen molar-refractivity contribution in [2.45, 2.75) is 17.0 Å². The summed E-state index contributed by atoms with van der Waals surface area (Å²) in [4.78, 5) is 16.3. The van der Waals surface area contributed by atoms with E-state index in [0.717, 1.165) is 17.5 Å². The van der Waals surface area contributed by atoms with Crippen LogP contribution in [0, 0.1) is 6.92 Å². The molecule has 28 heavy (non-hydrogen) atoms. The number of amides is 1. The molecule has 0 aliphatic rings. The summed E-state index contributed by atoms with van der Waals surface area (Å²) in [5.74, 6) is 1.88. The number of H-pyrrole nitrogens is 1. The molecule has 9 nitrogen and oxygen atoms in total. The van der Waals surface area contributed by atoms with E-state index < -0.39 is 10.0 Å². The fourth-order valence-electron chi connectivity index (χ4n) is 2.16. The summed E-state index contributed by atoms with van der Waals surface area (Å²) in [6.07, 6.45) is 3.49. The van der Waals surface area contributed by atoms with E-state index in [9.17, 15) is 13.2 Å². The van der Waals surface area contributed by atoms with E-state index in [1.54, 1.807) is 12.2 Å². The Hall–Kier alpha value is -2.89. The van der Waals surface area contributed by atoms with Crippen LogP contribution >= 0.6 is 11.8 Å². The van der Waals surface area contributed by atoms with Gasteiger partial charge < -0.3 is 9.73 Å². The van der Waals surface area contributed by atoms with Gasteiger partial charge in [0, 0.05) is 5.69 Å². The second-order valence-corrected chi connectivity index (χ2v) is 8.20. The van der Waals surface area contributed by atoms with Crippen molar-refractivity contribution < 1.29 is 17.6 Å². The minimum absolute atomic E-state index is 0.0223. The third kappa shape index (κ3) is 5.55. The molecule has 0 spiro atoms. The monoisotopic (exact) mass is 419 g/mol. The fourth-order valence-corrected chi connectivity index (χ4v) is 3.28. The summed E-state index contributed by atoms with van der Waals surface area (Å²) in [6.45, 7) is 1.86. The van der Waals surface area contributed by atoms with Gasteiger partial charge >= 0.3 is 0 Å². The van der Waals surface area contributed by atoms with Gasteiger partial charge in [-0.1, -0.05) is 11.8 Å². The molecule has 0 bridgehead atoms. The number of anilines is 1. The minimum atomic E-state index is -3.76. The topological polar surface area (TPSA) is 144 Å². The number of carbonyl (C=O) groups excluding carboxylic acids is 1. The van der Waals surface area contributed by atoms with E-state index in [0.29, 0.717) is 22.4 Å². The van der Waals surface area contributed by atoms with Crippen LogP contribution in [0.1, 0.15) is 17.3 Å². The molecule has 2 aromatic heterocycles. The van der Waals surface area contributed by atoms with Gasteiger partial charge in [0.15, 0.2) is 0 Å². The number of nitrogens with zero attached hydrogens (tertiary/aromatic N) is 2. The number of primary sulfonamides is 1. The Morgan fingerprint density at radius 3 is 2.64 bits per heavy atom. The van der Waals surface area contributed by atoms with Crippen LogP contribution in [0.15, 0.2) is 50.9 Å². The average molecular weight is 419 g/mol. The molecule has 0 aliphatic heterocycles. The number of nitrogens with two attached hydrogens (primary N) is 1. The molecule has 0 unspecified atom stereocenters. The number of carbonyl (C=O) groups is 1. The number of aromatic amines is 1. The predicted molar refractivity (Wildman–Crippen MR) is 106 cm³/mol. The third-order valence-electron chi connectivity index (χ3n) is 3.45. The van der Waals surface area contributed by atoms with Crippen LogP contribution in [-0.2, 0) is 14.8 Å². The molecule has 0 aliphatic carbocycles. The Morgan fingerprint density at radius 2 is 2.00 bits per heavy atom. The van der Waals surface area contributed by atoms with Crippen molar-refractivity contribution in [3.8, 4) is 0 Å². The molecule has 3 rings (SSSR count). The van der Waals surface area contributed by atoms with E-state index in [1.165, 1.54) is 24.3 Å². The molecule has 0 radical (unpaired) electrons. The molecular formula is C17H17N5O4S2. The van der Waals surface area contributed by atoms with Crippen LogP contribution in [0.4, 0.5) is 5.69 Å². The van der Waals surface area contributed by atoms with Crippen LogP contribution in [0.2, 0.25) is 0 Å². The van der Waals surface area contributed by atoms with Crippen LogP contribution in [-0.4, -0.2) is 35.3 Å². The largest absolute Gasteiger partial charge is 0.462 e. The van der Waals surface area contributed by atoms with E-state index in [-0.39, 0.29) is 16.6 Å². The van der Waals surface area contributed by atoms with E-state index in [2.05, 4.69) is 20.5 Å². The van der Waals surface area contributed by atoms with Gasteiger partial charge in [0.05, 0.1) is 10.6 Å². The van der Waals surface area contributed by atoms with E-state index in [4.69, 9.17) is 9.56 Å². The van der Waals surface area contributed by atoms with E-state index in [1.807, 2.05) is 19.1 Å². The Morgan fingerprint density at radius 1 is 1.25 bits per heavy atom. The highest BCUT2D eigenvalue weighted by Gasteiger charge is 2.10. The van der Waals surface area contributed by atoms with Crippen molar-refractivity contribution in [1.29, 1.82) is 0 Å². The maximum absolute atomic E-state index is 12.0.